The molecule has 0 spiro atoms. The third kappa shape index (κ3) is 6.82. The maximum absolute atomic E-state index is 11.9. The zero-order chi connectivity index (χ0) is 25.4. The van der Waals surface area contributed by atoms with E-state index in [9.17, 15) is 35.9 Å². The molecule has 16 heteroatoms. The lowest BCUT2D eigenvalue weighted by atomic mass is 9.94. The van der Waals surface area contributed by atoms with E-state index in [-0.39, 0.29) is 37.8 Å². The normalized spacial score (nSPS) is 39.2. The van der Waals surface area contributed by atoms with Gasteiger partial charge in [-0.25, -0.2) is 0 Å². The SMILES string of the molecule is CO[C@H]1[C@H](O)[C@@H](O)[C@@H](OC2[C@@H](CO)O[C@H](C)[C@H](O)[C@H]2O)O[C@@H]1CN(CCNCCO)/[N+]([O-])=N/[O-]. The number of nitrogens with zero attached hydrogens (tertiary/aromatic N) is 3. The first-order chi connectivity index (χ1) is 16.2. The van der Waals surface area contributed by atoms with Gasteiger partial charge in [-0.05, 0) is 12.2 Å². The second-order valence-electron chi connectivity index (χ2n) is 8.09. The van der Waals surface area contributed by atoms with Crippen molar-refractivity contribution in [1.29, 1.82) is 0 Å². The number of ether oxygens (including phenoxy) is 4. The Kier molecular flexibility index (Phi) is 11.5. The van der Waals surface area contributed by atoms with Crippen molar-refractivity contribution in [2.45, 2.75) is 68.1 Å². The van der Waals surface area contributed by atoms with Crippen LogP contribution in [0.4, 0.5) is 0 Å². The molecule has 2 aliphatic rings. The highest BCUT2D eigenvalue weighted by molar-refractivity contribution is 4.95. The summed E-state index contributed by atoms with van der Waals surface area (Å²) in [6.07, 6.45) is -13.1. The minimum Gasteiger partial charge on any atom is -0.737 e. The molecule has 0 aromatic heterocycles. The Morgan fingerprint density at radius 2 is 1.68 bits per heavy atom. The van der Waals surface area contributed by atoms with Crippen LogP contribution in [-0.2, 0) is 18.9 Å². The predicted octanol–water partition coefficient (Wildman–Crippen LogP) is -4.41. The molecule has 34 heavy (non-hydrogen) atoms. The second kappa shape index (κ2) is 13.6. The fourth-order valence-electron chi connectivity index (χ4n) is 3.97. The molecule has 0 bridgehead atoms. The summed E-state index contributed by atoms with van der Waals surface area (Å²) in [4.78, 5) is -0.206. The van der Waals surface area contributed by atoms with Crippen molar-refractivity contribution in [3.63, 3.8) is 0 Å². The highest BCUT2D eigenvalue weighted by atomic mass is 16.7. The number of hydrogen-bond donors (Lipinski definition) is 7. The Balaban J connectivity index is 2.17. The van der Waals surface area contributed by atoms with Crippen LogP contribution < -0.4 is 5.32 Å². The molecule has 7 N–H and O–H groups in total. The summed E-state index contributed by atoms with van der Waals surface area (Å²) in [6, 6.07) is 0. The van der Waals surface area contributed by atoms with E-state index in [1.807, 2.05) is 0 Å². The van der Waals surface area contributed by atoms with Crippen molar-refractivity contribution in [3.05, 3.63) is 10.4 Å². The number of hydrazine groups is 1. The van der Waals surface area contributed by atoms with Gasteiger partial charge in [0, 0.05) is 25.2 Å². The molecule has 2 aliphatic heterocycles. The van der Waals surface area contributed by atoms with Gasteiger partial charge in [-0.15, -0.1) is 5.01 Å². The Hall–Kier alpha value is -1.44. The largest absolute Gasteiger partial charge is 0.737 e. The minimum absolute atomic E-state index is 0.0262. The quantitative estimate of drug-likeness (QED) is 0.0581. The molecular formula is C18H35N4O12-. The first-order valence-electron chi connectivity index (χ1n) is 10.9. The zero-order valence-electron chi connectivity index (χ0n) is 19.0. The van der Waals surface area contributed by atoms with E-state index in [2.05, 4.69) is 10.6 Å². The monoisotopic (exact) mass is 499 g/mol. The van der Waals surface area contributed by atoms with Crippen molar-refractivity contribution in [3.8, 4) is 0 Å². The van der Waals surface area contributed by atoms with E-state index in [4.69, 9.17) is 24.1 Å². The van der Waals surface area contributed by atoms with Crippen LogP contribution in [-0.4, -0.2) is 148 Å². The van der Waals surface area contributed by atoms with Crippen LogP contribution in [0.1, 0.15) is 6.92 Å². The third-order valence-electron chi connectivity index (χ3n) is 5.85. The molecule has 0 amide bonds. The molecule has 0 radical (unpaired) electrons. The molecule has 1 unspecified atom stereocenters. The van der Waals surface area contributed by atoms with Gasteiger partial charge in [-0.2, -0.15) is 0 Å². The Bertz CT molecular complexity index is 632. The maximum Gasteiger partial charge on any atom is 0.187 e. The summed E-state index contributed by atoms with van der Waals surface area (Å²) in [5.41, 5.74) is 0. The van der Waals surface area contributed by atoms with Crippen molar-refractivity contribution in [2.75, 3.05) is 46.5 Å². The summed E-state index contributed by atoms with van der Waals surface area (Å²) < 4.78 is 22.0. The minimum atomic E-state index is -1.67. The van der Waals surface area contributed by atoms with Crippen LogP contribution in [0.15, 0.2) is 5.28 Å². The van der Waals surface area contributed by atoms with E-state index in [0.29, 0.717) is 0 Å². The lowest BCUT2D eigenvalue weighted by Crippen LogP contribution is -2.65. The molecule has 0 saturated carbocycles. The average molecular weight is 499 g/mol. The van der Waals surface area contributed by atoms with Crippen LogP contribution in [0.2, 0.25) is 0 Å². The lowest BCUT2D eigenvalue weighted by molar-refractivity contribution is -0.692. The van der Waals surface area contributed by atoms with E-state index >= 15 is 0 Å². The predicted molar refractivity (Wildman–Crippen MR) is 111 cm³/mol. The molecule has 2 fully saturated rings. The number of hydrogen-bond acceptors (Lipinski definition) is 14. The van der Waals surface area contributed by atoms with E-state index in [0.717, 1.165) is 5.01 Å². The van der Waals surface area contributed by atoms with Crippen molar-refractivity contribution >= 4 is 0 Å². The molecule has 10 atom stereocenters. The first-order valence-corrected chi connectivity index (χ1v) is 10.9. The van der Waals surface area contributed by atoms with Crippen LogP contribution in [0.3, 0.4) is 0 Å². The topological polar surface area (TPSA) is 235 Å². The van der Waals surface area contributed by atoms with Gasteiger partial charge in [0.2, 0.25) is 0 Å². The molecule has 2 heterocycles. The summed E-state index contributed by atoms with van der Waals surface area (Å²) >= 11 is 0. The second-order valence-corrected chi connectivity index (χ2v) is 8.09. The van der Waals surface area contributed by atoms with Crippen molar-refractivity contribution in [2.24, 2.45) is 5.28 Å². The summed E-state index contributed by atoms with van der Waals surface area (Å²) in [5.74, 6) is 0. The molecule has 2 saturated heterocycles. The zero-order valence-corrected chi connectivity index (χ0v) is 19.0. The number of rotatable bonds is 12. The van der Waals surface area contributed by atoms with Gasteiger partial charge < -0.3 is 65.3 Å². The van der Waals surface area contributed by atoms with Gasteiger partial charge in [0.05, 0.1) is 25.9 Å². The molecular weight excluding hydrogens is 464 g/mol. The van der Waals surface area contributed by atoms with Crippen LogP contribution >= 0.6 is 0 Å². The van der Waals surface area contributed by atoms with Gasteiger partial charge in [0.1, 0.15) is 55.4 Å². The van der Waals surface area contributed by atoms with Crippen molar-refractivity contribution < 1.29 is 54.6 Å². The number of aliphatic hydroxyl groups is 6. The molecule has 0 aliphatic carbocycles. The first kappa shape index (κ1) is 28.8. The highest BCUT2D eigenvalue weighted by Gasteiger charge is 2.50. The Morgan fingerprint density at radius 1 is 1.00 bits per heavy atom. The number of aliphatic hydroxyl groups excluding tert-OH is 6. The average Bonchev–Trinajstić information content (AvgIpc) is 2.83. The molecule has 0 aromatic carbocycles. The van der Waals surface area contributed by atoms with Crippen LogP contribution in [0.5, 0.6) is 0 Å². The maximum atomic E-state index is 11.9. The van der Waals surface area contributed by atoms with Gasteiger partial charge >= 0.3 is 0 Å². The molecule has 0 aromatic rings. The van der Waals surface area contributed by atoms with Gasteiger partial charge in [-0.3, -0.25) is 0 Å². The fraction of sp³-hybridized carbons (Fsp3) is 1.00. The molecule has 2 rings (SSSR count). The molecule has 16 nitrogen and oxygen atoms in total. The fourth-order valence-corrected chi connectivity index (χ4v) is 3.97. The molecule has 200 valence electrons. The third-order valence-corrected chi connectivity index (χ3v) is 5.85. The Labute approximate surface area is 196 Å². The lowest BCUT2D eigenvalue weighted by Gasteiger charge is -2.46. The Morgan fingerprint density at radius 3 is 2.26 bits per heavy atom. The van der Waals surface area contributed by atoms with E-state index in [1.54, 1.807) is 0 Å². The van der Waals surface area contributed by atoms with Gasteiger partial charge in [0.15, 0.2) is 6.29 Å². The number of methoxy groups -OCH3 is 1. The van der Waals surface area contributed by atoms with Gasteiger partial charge in [-0.1, -0.05) is 0 Å². The van der Waals surface area contributed by atoms with E-state index < -0.39 is 67.8 Å². The van der Waals surface area contributed by atoms with Gasteiger partial charge in [0.25, 0.3) is 0 Å². The van der Waals surface area contributed by atoms with Crippen LogP contribution in [0, 0.1) is 10.4 Å². The highest BCUT2D eigenvalue weighted by Crippen LogP contribution is 2.30. The summed E-state index contributed by atoms with van der Waals surface area (Å²) in [6.45, 7) is 0.911. The summed E-state index contributed by atoms with van der Waals surface area (Å²) in [5, 5.41) is 89.0. The van der Waals surface area contributed by atoms with Crippen molar-refractivity contribution in [1.82, 2.24) is 10.3 Å². The smallest absolute Gasteiger partial charge is 0.187 e. The standard InChI is InChI=1S/C18H36N4O12/c1-9-12(25)13(26)17(11(8-24)32-9)34-18-15(28)14(27)16(31-2)10(33-18)7-21(22(30)20-29)5-3-19-4-6-23/h9-19,23-29H,3-8H2,1-2H3/p-1/b22-20-/t9-,10-,11-,12+,13-,14-,15-,16-,17?,18-/m1/s1. The van der Waals surface area contributed by atoms with Crippen LogP contribution in [0.25, 0.3) is 0 Å². The van der Waals surface area contributed by atoms with E-state index in [1.165, 1.54) is 14.0 Å². The summed E-state index contributed by atoms with van der Waals surface area (Å²) in [7, 11) is 1.25. The number of nitrogens with one attached hydrogen (secondary N) is 1.